The molecule has 0 aromatic carbocycles. The van der Waals surface area contributed by atoms with Crippen molar-refractivity contribution in [3.8, 4) is 0 Å². The number of ether oxygens (including phenoxy) is 1. The van der Waals surface area contributed by atoms with Crippen molar-refractivity contribution in [3.63, 3.8) is 0 Å². The first kappa shape index (κ1) is 13.8. The fourth-order valence-corrected chi connectivity index (χ4v) is 2.95. The maximum absolute atomic E-state index is 5.67. The molecule has 2 atom stereocenters. The van der Waals surface area contributed by atoms with Crippen molar-refractivity contribution in [2.75, 3.05) is 18.6 Å². The van der Waals surface area contributed by atoms with Crippen LogP contribution in [0.5, 0.6) is 0 Å². The first-order valence-electron chi connectivity index (χ1n) is 7.69. The molecule has 2 aliphatic rings. The number of pyridine rings is 1. The number of nitrogens with zero attached hydrogens (tertiary/aromatic N) is 2. The Kier molecular flexibility index (Phi) is 3.94. The lowest BCUT2D eigenvalue weighted by molar-refractivity contribution is 0.118. The van der Waals surface area contributed by atoms with Gasteiger partial charge in [-0.3, -0.25) is 0 Å². The van der Waals surface area contributed by atoms with E-state index in [-0.39, 0.29) is 6.10 Å². The van der Waals surface area contributed by atoms with Crippen LogP contribution in [0.3, 0.4) is 0 Å². The van der Waals surface area contributed by atoms with Gasteiger partial charge in [0.2, 0.25) is 0 Å². The Morgan fingerprint density at radius 1 is 1.35 bits per heavy atom. The summed E-state index contributed by atoms with van der Waals surface area (Å²) in [4.78, 5) is 6.98. The van der Waals surface area contributed by atoms with Crippen LogP contribution in [0.4, 0.5) is 5.82 Å². The van der Waals surface area contributed by atoms with Crippen LogP contribution >= 0.6 is 0 Å². The summed E-state index contributed by atoms with van der Waals surface area (Å²) in [6.07, 6.45) is 4.03. The topological polar surface area (TPSA) is 37.4 Å². The Morgan fingerprint density at radius 2 is 2.15 bits per heavy atom. The fourth-order valence-electron chi connectivity index (χ4n) is 2.95. The van der Waals surface area contributed by atoms with Gasteiger partial charge in [0, 0.05) is 31.9 Å². The van der Waals surface area contributed by atoms with E-state index in [1.54, 1.807) is 0 Å². The van der Waals surface area contributed by atoms with Crippen LogP contribution < -0.4 is 10.2 Å². The Bertz CT molecular complexity index is 473. The van der Waals surface area contributed by atoms with Crippen molar-refractivity contribution >= 4 is 5.82 Å². The molecule has 3 rings (SSSR count). The van der Waals surface area contributed by atoms with Gasteiger partial charge in [-0.2, -0.15) is 0 Å². The Labute approximate surface area is 121 Å². The van der Waals surface area contributed by atoms with Gasteiger partial charge in [-0.15, -0.1) is 0 Å². The lowest BCUT2D eigenvalue weighted by Crippen LogP contribution is -2.37. The minimum Gasteiger partial charge on any atom is -0.376 e. The number of rotatable bonds is 5. The fraction of sp³-hybridized carbons (Fsp3) is 0.688. The van der Waals surface area contributed by atoms with Crippen molar-refractivity contribution in [1.82, 2.24) is 10.3 Å². The van der Waals surface area contributed by atoms with Gasteiger partial charge in [0.25, 0.3) is 0 Å². The molecule has 2 fully saturated rings. The molecule has 1 aliphatic heterocycles. The third-order valence-corrected chi connectivity index (χ3v) is 4.37. The van der Waals surface area contributed by atoms with Crippen LogP contribution in [0.2, 0.25) is 0 Å². The minimum absolute atomic E-state index is 0.287. The van der Waals surface area contributed by atoms with Crippen molar-refractivity contribution < 1.29 is 4.74 Å². The van der Waals surface area contributed by atoms with Crippen LogP contribution in [0.25, 0.3) is 0 Å². The Hall–Kier alpha value is -1.13. The summed E-state index contributed by atoms with van der Waals surface area (Å²) in [5.74, 6) is 1.07. The van der Waals surface area contributed by atoms with E-state index >= 15 is 0 Å². The molecule has 110 valence electrons. The van der Waals surface area contributed by atoms with Crippen LogP contribution in [-0.4, -0.2) is 36.8 Å². The van der Waals surface area contributed by atoms with E-state index in [1.165, 1.54) is 18.4 Å². The SMILES string of the molecule is Cc1cc(CNC2CC2)cc(N(C)C2CCOC2C)n1. The number of likely N-dealkylation sites (N-methyl/N-ethyl adjacent to an activating group) is 1. The molecule has 0 radical (unpaired) electrons. The lowest BCUT2D eigenvalue weighted by Gasteiger charge is -2.28. The molecule has 20 heavy (non-hydrogen) atoms. The highest BCUT2D eigenvalue weighted by molar-refractivity contribution is 5.43. The predicted molar refractivity (Wildman–Crippen MR) is 81.1 cm³/mol. The molecule has 0 spiro atoms. The molecule has 2 heterocycles. The highest BCUT2D eigenvalue weighted by atomic mass is 16.5. The molecule has 1 saturated carbocycles. The van der Waals surface area contributed by atoms with Gasteiger partial charge in [-0.05, 0) is 50.8 Å². The van der Waals surface area contributed by atoms with Gasteiger partial charge in [0.05, 0.1) is 12.1 Å². The quantitative estimate of drug-likeness (QED) is 0.894. The maximum Gasteiger partial charge on any atom is 0.129 e. The predicted octanol–water partition coefficient (Wildman–Crippen LogP) is 2.26. The van der Waals surface area contributed by atoms with Gasteiger partial charge >= 0.3 is 0 Å². The van der Waals surface area contributed by atoms with Gasteiger partial charge < -0.3 is 15.0 Å². The summed E-state index contributed by atoms with van der Waals surface area (Å²) >= 11 is 0. The monoisotopic (exact) mass is 275 g/mol. The zero-order valence-corrected chi connectivity index (χ0v) is 12.7. The number of hydrogen-bond acceptors (Lipinski definition) is 4. The molecule has 1 N–H and O–H groups in total. The van der Waals surface area contributed by atoms with E-state index < -0.39 is 0 Å². The molecule has 4 nitrogen and oxygen atoms in total. The number of anilines is 1. The minimum atomic E-state index is 0.287. The molecular weight excluding hydrogens is 250 g/mol. The van der Waals surface area contributed by atoms with Crippen molar-refractivity contribution in [2.24, 2.45) is 0 Å². The highest BCUT2D eigenvalue weighted by Gasteiger charge is 2.29. The number of hydrogen-bond donors (Lipinski definition) is 1. The third-order valence-electron chi connectivity index (χ3n) is 4.37. The van der Waals surface area contributed by atoms with Crippen molar-refractivity contribution in [2.45, 2.75) is 57.8 Å². The van der Waals surface area contributed by atoms with E-state index in [0.717, 1.165) is 37.1 Å². The summed E-state index contributed by atoms with van der Waals surface area (Å²) in [5, 5.41) is 3.57. The highest BCUT2D eigenvalue weighted by Crippen LogP contribution is 2.25. The normalized spacial score (nSPS) is 25.9. The van der Waals surface area contributed by atoms with Crippen LogP contribution in [-0.2, 0) is 11.3 Å². The second kappa shape index (κ2) is 5.70. The van der Waals surface area contributed by atoms with E-state index in [4.69, 9.17) is 9.72 Å². The Morgan fingerprint density at radius 3 is 2.80 bits per heavy atom. The summed E-state index contributed by atoms with van der Waals surface area (Å²) in [6.45, 7) is 6.04. The van der Waals surface area contributed by atoms with Gasteiger partial charge in [0.1, 0.15) is 5.82 Å². The lowest BCUT2D eigenvalue weighted by atomic mass is 10.1. The molecule has 0 amide bonds. The van der Waals surface area contributed by atoms with Crippen LogP contribution in [0.15, 0.2) is 12.1 Å². The maximum atomic E-state index is 5.67. The molecular formula is C16H25N3O. The average Bonchev–Trinajstić information content (AvgIpc) is 3.16. The van der Waals surface area contributed by atoms with E-state index in [1.807, 2.05) is 0 Å². The molecule has 1 aliphatic carbocycles. The number of aryl methyl sites for hydroxylation is 1. The average molecular weight is 275 g/mol. The summed E-state index contributed by atoms with van der Waals surface area (Å²) in [7, 11) is 2.13. The van der Waals surface area contributed by atoms with E-state index in [2.05, 4.69) is 43.2 Å². The summed E-state index contributed by atoms with van der Waals surface area (Å²) < 4.78 is 5.67. The smallest absolute Gasteiger partial charge is 0.129 e. The molecule has 0 bridgehead atoms. The van der Waals surface area contributed by atoms with Crippen LogP contribution in [0, 0.1) is 6.92 Å². The number of nitrogens with one attached hydrogen (secondary N) is 1. The molecule has 2 unspecified atom stereocenters. The molecule has 1 aromatic rings. The van der Waals surface area contributed by atoms with Gasteiger partial charge in [0.15, 0.2) is 0 Å². The Balaban J connectivity index is 1.73. The first-order valence-corrected chi connectivity index (χ1v) is 7.69. The number of aromatic nitrogens is 1. The summed E-state index contributed by atoms with van der Waals surface area (Å²) in [5.41, 5.74) is 2.42. The van der Waals surface area contributed by atoms with Crippen LogP contribution in [0.1, 0.15) is 37.4 Å². The molecule has 1 aromatic heterocycles. The second-order valence-electron chi connectivity index (χ2n) is 6.17. The third kappa shape index (κ3) is 3.13. The van der Waals surface area contributed by atoms with E-state index in [9.17, 15) is 0 Å². The van der Waals surface area contributed by atoms with Crippen molar-refractivity contribution in [1.29, 1.82) is 0 Å². The zero-order chi connectivity index (χ0) is 14.1. The van der Waals surface area contributed by atoms with E-state index in [0.29, 0.717) is 6.04 Å². The van der Waals surface area contributed by atoms with Gasteiger partial charge in [-0.1, -0.05) is 0 Å². The zero-order valence-electron chi connectivity index (χ0n) is 12.7. The second-order valence-corrected chi connectivity index (χ2v) is 6.17. The standard InChI is InChI=1S/C16H25N3O/c1-11-8-13(10-17-14-4-5-14)9-16(18-11)19(3)15-6-7-20-12(15)2/h8-9,12,14-15,17H,4-7,10H2,1-3H3. The largest absolute Gasteiger partial charge is 0.376 e. The van der Waals surface area contributed by atoms with Crippen molar-refractivity contribution in [3.05, 3.63) is 23.4 Å². The first-order chi connectivity index (χ1) is 9.63. The van der Waals surface area contributed by atoms with Gasteiger partial charge in [-0.25, -0.2) is 4.98 Å². The molecule has 4 heteroatoms. The summed E-state index contributed by atoms with van der Waals surface area (Å²) in [6, 6.07) is 5.58. The molecule has 1 saturated heterocycles.